The molecule has 1 aromatic rings. The van der Waals surface area contributed by atoms with E-state index in [9.17, 15) is 9.90 Å². The molecule has 3 rings (SSSR count). The third kappa shape index (κ3) is 4.84. The Bertz CT molecular complexity index is 577. The number of nitrogens with zero attached hydrogens (tertiary/aromatic N) is 2. The first-order chi connectivity index (χ1) is 12.6. The molecule has 2 aliphatic heterocycles. The van der Waals surface area contributed by atoms with Crippen LogP contribution < -0.4 is 0 Å². The van der Waals surface area contributed by atoms with Gasteiger partial charge in [0.1, 0.15) is 0 Å². The predicted molar refractivity (Wildman–Crippen MR) is 102 cm³/mol. The molecule has 2 saturated heterocycles. The van der Waals surface area contributed by atoms with Gasteiger partial charge in [-0.1, -0.05) is 12.1 Å². The van der Waals surface area contributed by atoms with Gasteiger partial charge in [-0.25, -0.2) is 0 Å². The monoisotopic (exact) mass is 360 g/mol. The molecule has 0 radical (unpaired) electrons. The summed E-state index contributed by atoms with van der Waals surface area (Å²) in [6, 6.07) is 8.23. The number of aliphatic hydroxyl groups is 1. The van der Waals surface area contributed by atoms with Crippen molar-refractivity contribution in [2.24, 2.45) is 0 Å². The molecule has 5 heteroatoms. The SMILES string of the molecule is C[C@@H]1CN(Cc2ccc(C(=O)N3CCCC[C@H]3CCO)cc2)C[C@H](C)O1. The number of aliphatic hydroxyl groups excluding tert-OH is 1. The average Bonchev–Trinajstić information content (AvgIpc) is 2.62. The van der Waals surface area contributed by atoms with Gasteiger partial charge in [0.25, 0.3) is 5.91 Å². The molecule has 1 N–H and O–H groups in total. The van der Waals surface area contributed by atoms with Crippen LogP contribution in [0.25, 0.3) is 0 Å². The lowest BCUT2D eigenvalue weighted by Crippen LogP contribution is -2.45. The molecule has 0 aromatic heterocycles. The van der Waals surface area contributed by atoms with Gasteiger partial charge in [-0.2, -0.15) is 0 Å². The summed E-state index contributed by atoms with van der Waals surface area (Å²) in [7, 11) is 0. The third-order valence-corrected chi connectivity index (χ3v) is 5.45. The lowest BCUT2D eigenvalue weighted by molar-refractivity contribution is -0.0704. The first kappa shape index (κ1) is 19.3. The highest BCUT2D eigenvalue weighted by molar-refractivity contribution is 5.94. The topological polar surface area (TPSA) is 53.0 Å². The summed E-state index contributed by atoms with van der Waals surface area (Å²) in [5, 5.41) is 9.27. The Balaban J connectivity index is 1.62. The second-order valence-electron chi connectivity index (χ2n) is 7.81. The zero-order chi connectivity index (χ0) is 18.5. The minimum absolute atomic E-state index is 0.100. The molecule has 5 nitrogen and oxygen atoms in total. The number of benzene rings is 1. The summed E-state index contributed by atoms with van der Waals surface area (Å²) < 4.78 is 5.79. The van der Waals surface area contributed by atoms with Gasteiger partial charge in [-0.05, 0) is 57.2 Å². The van der Waals surface area contributed by atoms with E-state index in [-0.39, 0.29) is 30.8 Å². The highest BCUT2D eigenvalue weighted by Gasteiger charge is 2.27. The number of piperidine rings is 1. The van der Waals surface area contributed by atoms with E-state index in [0.717, 1.165) is 51.0 Å². The van der Waals surface area contributed by atoms with Gasteiger partial charge in [-0.3, -0.25) is 9.69 Å². The van der Waals surface area contributed by atoms with Crippen molar-refractivity contribution in [3.8, 4) is 0 Å². The van der Waals surface area contributed by atoms with Crippen LogP contribution in [0.5, 0.6) is 0 Å². The molecule has 1 aromatic carbocycles. The predicted octanol–water partition coefficient (Wildman–Crippen LogP) is 2.67. The molecular weight excluding hydrogens is 328 g/mol. The zero-order valence-electron chi connectivity index (χ0n) is 16.1. The van der Waals surface area contributed by atoms with Crippen molar-refractivity contribution in [2.75, 3.05) is 26.2 Å². The maximum atomic E-state index is 12.9. The van der Waals surface area contributed by atoms with Crippen LogP contribution in [0, 0.1) is 0 Å². The van der Waals surface area contributed by atoms with E-state index >= 15 is 0 Å². The number of likely N-dealkylation sites (tertiary alicyclic amines) is 1. The number of ether oxygens (including phenoxy) is 1. The van der Waals surface area contributed by atoms with Crippen LogP contribution >= 0.6 is 0 Å². The standard InChI is InChI=1S/C21H32N2O3/c1-16-13-22(14-17(2)26-16)15-18-6-8-19(9-7-18)21(25)23-11-4-3-5-20(23)10-12-24/h6-9,16-17,20,24H,3-5,10-15H2,1-2H3/t16-,17+,20-/m0/s1. The number of hydrogen-bond donors (Lipinski definition) is 1. The van der Waals surface area contributed by atoms with Gasteiger partial charge in [-0.15, -0.1) is 0 Å². The summed E-state index contributed by atoms with van der Waals surface area (Å²) >= 11 is 0. The Kier molecular flexibility index (Phi) is 6.68. The molecule has 0 saturated carbocycles. The van der Waals surface area contributed by atoms with Crippen LogP contribution in [0.3, 0.4) is 0 Å². The highest BCUT2D eigenvalue weighted by atomic mass is 16.5. The van der Waals surface area contributed by atoms with Crippen molar-refractivity contribution in [1.29, 1.82) is 0 Å². The van der Waals surface area contributed by atoms with Gasteiger partial charge in [0, 0.05) is 44.4 Å². The van der Waals surface area contributed by atoms with E-state index < -0.39 is 0 Å². The van der Waals surface area contributed by atoms with E-state index in [0.29, 0.717) is 6.42 Å². The molecule has 0 bridgehead atoms. The largest absolute Gasteiger partial charge is 0.396 e. The molecule has 0 spiro atoms. The first-order valence-electron chi connectivity index (χ1n) is 9.95. The van der Waals surface area contributed by atoms with Crippen molar-refractivity contribution < 1.29 is 14.6 Å². The van der Waals surface area contributed by atoms with Crippen LogP contribution in [0.15, 0.2) is 24.3 Å². The Morgan fingerprint density at radius 3 is 2.50 bits per heavy atom. The lowest BCUT2D eigenvalue weighted by atomic mass is 9.98. The van der Waals surface area contributed by atoms with Crippen molar-refractivity contribution in [2.45, 2.75) is 64.3 Å². The minimum Gasteiger partial charge on any atom is -0.396 e. The average molecular weight is 360 g/mol. The summed E-state index contributed by atoms with van der Waals surface area (Å²) in [5.41, 5.74) is 1.98. The molecule has 0 aliphatic carbocycles. The van der Waals surface area contributed by atoms with Crippen molar-refractivity contribution >= 4 is 5.91 Å². The number of carbonyl (C=O) groups excluding carboxylic acids is 1. The maximum Gasteiger partial charge on any atom is 0.254 e. The molecule has 1 amide bonds. The van der Waals surface area contributed by atoms with Crippen molar-refractivity contribution in [1.82, 2.24) is 9.80 Å². The van der Waals surface area contributed by atoms with Gasteiger partial charge in [0.15, 0.2) is 0 Å². The van der Waals surface area contributed by atoms with Gasteiger partial charge in [0.05, 0.1) is 12.2 Å². The fourth-order valence-electron chi connectivity index (χ4n) is 4.31. The summed E-state index contributed by atoms with van der Waals surface area (Å²) in [6.07, 6.45) is 4.40. The second-order valence-corrected chi connectivity index (χ2v) is 7.81. The van der Waals surface area contributed by atoms with Crippen LogP contribution in [-0.4, -0.2) is 65.3 Å². The molecule has 2 aliphatic rings. The van der Waals surface area contributed by atoms with Crippen LogP contribution in [-0.2, 0) is 11.3 Å². The Labute approximate surface area is 156 Å². The van der Waals surface area contributed by atoms with E-state index in [1.54, 1.807) is 0 Å². The Morgan fingerprint density at radius 2 is 1.85 bits per heavy atom. The van der Waals surface area contributed by atoms with Crippen molar-refractivity contribution in [3.05, 3.63) is 35.4 Å². The number of morpholine rings is 1. The number of carbonyl (C=O) groups is 1. The molecule has 144 valence electrons. The molecule has 0 unspecified atom stereocenters. The molecular formula is C21H32N2O3. The summed E-state index contributed by atoms with van der Waals surface area (Å²) in [6.45, 7) is 7.96. The minimum atomic E-state index is 0.100. The molecule has 26 heavy (non-hydrogen) atoms. The lowest BCUT2D eigenvalue weighted by Gasteiger charge is -2.36. The summed E-state index contributed by atoms with van der Waals surface area (Å²) in [5.74, 6) is 0.100. The van der Waals surface area contributed by atoms with Gasteiger partial charge in [0.2, 0.25) is 0 Å². The van der Waals surface area contributed by atoms with E-state index in [2.05, 4.69) is 30.9 Å². The van der Waals surface area contributed by atoms with Crippen molar-refractivity contribution in [3.63, 3.8) is 0 Å². The molecule has 3 atom stereocenters. The normalized spacial score (nSPS) is 27.5. The van der Waals surface area contributed by atoms with E-state index in [1.807, 2.05) is 17.0 Å². The smallest absolute Gasteiger partial charge is 0.254 e. The van der Waals surface area contributed by atoms with Gasteiger partial charge < -0.3 is 14.7 Å². The van der Waals surface area contributed by atoms with E-state index in [1.165, 1.54) is 5.56 Å². The fourth-order valence-corrected chi connectivity index (χ4v) is 4.31. The van der Waals surface area contributed by atoms with Crippen LogP contribution in [0.1, 0.15) is 55.5 Å². The summed E-state index contributed by atoms with van der Waals surface area (Å²) in [4.78, 5) is 17.3. The fraction of sp³-hybridized carbons (Fsp3) is 0.667. The quantitative estimate of drug-likeness (QED) is 0.877. The number of hydrogen-bond acceptors (Lipinski definition) is 4. The van der Waals surface area contributed by atoms with Crippen LogP contribution in [0.4, 0.5) is 0 Å². The number of rotatable bonds is 5. The third-order valence-electron chi connectivity index (χ3n) is 5.45. The molecule has 2 heterocycles. The van der Waals surface area contributed by atoms with E-state index in [4.69, 9.17) is 4.74 Å². The maximum absolute atomic E-state index is 12.9. The van der Waals surface area contributed by atoms with Gasteiger partial charge >= 0.3 is 0 Å². The van der Waals surface area contributed by atoms with Crippen LogP contribution in [0.2, 0.25) is 0 Å². The molecule has 2 fully saturated rings. The highest BCUT2D eigenvalue weighted by Crippen LogP contribution is 2.22. The zero-order valence-corrected chi connectivity index (χ0v) is 16.1. The Morgan fingerprint density at radius 1 is 1.15 bits per heavy atom. The Hall–Kier alpha value is -1.43. The first-order valence-corrected chi connectivity index (χ1v) is 9.95. The second kappa shape index (κ2) is 8.98. The number of amides is 1.